The summed E-state index contributed by atoms with van der Waals surface area (Å²) in [5.41, 5.74) is 18.8. The van der Waals surface area contributed by atoms with Gasteiger partial charge in [0.2, 0.25) is 0 Å². The highest BCUT2D eigenvalue weighted by Crippen LogP contribution is 2.49. The highest BCUT2D eigenvalue weighted by molar-refractivity contribution is 6.09. The van der Waals surface area contributed by atoms with Crippen LogP contribution in [0.1, 0.15) is 33.4 Å². The monoisotopic (exact) mass is 442 g/mol. The van der Waals surface area contributed by atoms with E-state index in [0.29, 0.717) is 5.92 Å². The van der Waals surface area contributed by atoms with Gasteiger partial charge in [0.1, 0.15) is 0 Å². The summed E-state index contributed by atoms with van der Waals surface area (Å²) in [6.45, 7) is 0. The zero-order valence-corrected chi connectivity index (χ0v) is 19.3. The lowest BCUT2D eigenvalue weighted by Crippen LogP contribution is -2.28. The van der Waals surface area contributed by atoms with Crippen LogP contribution in [0.3, 0.4) is 0 Å². The molecule has 0 heterocycles. The van der Waals surface area contributed by atoms with E-state index >= 15 is 0 Å². The fourth-order valence-corrected chi connectivity index (χ4v) is 7.33. The lowest BCUT2D eigenvalue weighted by molar-refractivity contribution is 0.951. The van der Waals surface area contributed by atoms with Crippen LogP contribution in [0.2, 0.25) is 0 Å². The Morgan fingerprint density at radius 3 is 2.26 bits per heavy atom. The highest BCUT2D eigenvalue weighted by atomic mass is 14.4. The second-order valence-electron chi connectivity index (χ2n) is 10.4. The van der Waals surface area contributed by atoms with Gasteiger partial charge in [-0.1, -0.05) is 91.1 Å². The Balaban J connectivity index is 1.44. The van der Waals surface area contributed by atoms with Gasteiger partial charge < -0.3 is 0 Å². The molecule has 3 aromatic rings. The van der Waals surface area contributed by atoms with Crippen LogP contribution >= 0.6 is 0 Å². The van der Waals surface area contributed by atoms with Crippen LogP contribution in [-0.4, -0.2) is 0 Å². The predicted molar refractivity (Wildman–Crippen MR) is 145 cm³/mol. The van der Waals surface area contributed by atoms with Crippen molar-refractivity contribution < 1.29 is 0 Å². The van der Waals surface area contributed by atoms with Gasteiger partial charge in [-0.2, -0.15) is 0 Å². The molecule has 0 radical (unpaired) electrons. The molecule has 0 spiro atoms. The van der Waals surface area contributed by atoms with E-state index in [9.17, 15) is 0 Å². The van der Waals surface area contributed by atoms with Crippen molar-refractivity contribution in [3.8, 4) is 0 Å². The Bertz CT molecular complexity index is 1870. The fraction of sp³-hybridized carbons (Fsp3) is 0.0857. The van der Waals surface area contributed by atoms with Gasteiger partial charge in [0.15, 0.2) is 0 Å². The Labute approximate surface area is 204 Å². The molecule has 0 nitrogen and oxygen atoms in total. The third kappa shape index (κ3) is 2.23. The van der Waals surface area contributed by atoms with E-state index in [2.05, 4.69) is 103 Å². The van der Waals surface area contributed by atoms with Crippen molar-refractivity contribution in [2.75, 3.05) is 0 Å². The molecule has 0 aromatic heterocycles. The first-order valence-electron chi connectivity index (χ1n) is 12.7. The van der Waals surface area contributed by atoms with Crippen LogP contribution in [0.15, 0.2) is 114 Å². The first-order chi connectivity index (χ1) is 17.3. The molecule has 1 unspecified atom stereocenters. The molecule has 162 valence electrons. The van der Waals surface area contributed by atoms with Gasteiger partial charge in [-0.15, -0.1) is 0 Å². The van der Waals surface area contributed by atoms with Crippen LogP contribution in [-0.2, 0) is 12.8 Å². The molecule has 0 aliphatic heterocycles. The average molecular weight is 443 g/mol. The number of rotatable bonds is 0. The van der Waals surface area contributed by atoms with Crippen molar-refractivity contribution >= 4 is 28.4 Å². The van der Waals surface area contributed by atoms with E-state index in [4.69, 9.17) is 0 Å². The maximum Gasteiger partial charge on any atom is 0.0346 e. The second kappa shape index (κ2) is 6.29. The van der Waals surface area contributed by atoms with Crippen LogP contribution in [0.4, 0.5) is 0 Å². The fourth-order valence-electron chi connectivity index (χ4n) is 7.33. The van der Waals surface area contributed by atoms with E-state index in [1.807, 2.05) is 0 Å². The minimum Gasteiger partial charge on any atom is -0.0619 e. The van der Waals surface area contributed by atoms with Crippen molar-refractivity contribution in [2.24, 2.45) is 5.92 Å². The molecular formula is C35H22. The summed E-state index contributed by atoms with van der Waals surface area (Å²) in [7, 11) is 0. The van der Waals surface area contributed by atoms with Gasteiger partial charge in [-0.05, 0) is 108 Å². The lowest BCUT2D eigenvalue weighted by atomic mass is 9.71. The largest absolute Gasteiger partial charge is 0.0619 e. The van der Waals surface area contributed by atoms with Gasteiger partial charge >= 0.3 is 0 Å². The van der Waals surface area contributed by atoms with Crippen LogP contribution in [0.25, 0.3) is 28.4 Å². The van der Waals surface area contributed by atoms with Crippen molar-refractivity contribution in [1.82, 2.24) is 0 Å². The Kier molecular flexibility index (Phi) is 3.27. The number of benzene rings is 3. The quantitative estimate of drug-likeness (QED) is 0.396. The number of fused-ring (bicyclic) bond motifs is 7. The zero-order chi connectivity index (χ0) is 22.7. The minimum atomic E-state index is 0.370. The highest BCUT2D eigenvalue weighted by Gasteiger charge is 2.36. The summed E-state index contributed by atoms with van der Waals surface area (Å²) in [4.78, 5) is 0. The van der Waals surface area contributed by atoms with E-state index in [0.717, 1.165) is 12.8 Å². The maximum atomic E-state index is 2.52. The third-order valence-corrected chi connectivity index (χ3v) is 8.75. The molecule has 6 aliphatic rings. The zero-order valence-electron chi connectivity index (χ0n) is 19.3. The molecule has 35 heavy (non-hydrogen) atoms. The summed E-state index contributed by atoms with van der Waals surface area (Å²) in [5.74, 6) is 0.370. The standard InChI is InChI=1S/C35H22/c1-3-12-25-21(7-1)16-31-29-18-24-15-23-11-5-9-20-10-6-14-27(33(20)23)28(24)19-32(29)34-26-13-4-2-8-22(26)17-30(25)35(31)34/h1-15,18-19,33H,16-17H2. The second-order valence-corrected chi connectivity index (χ2v) is 10.4. The summed E-state index contributed by atoms with van der Waals surface area (Å²) in [6.07, 6.45) is 18.1. The summed E-state index contributed by atoms with van der Waals surface area (Å²) < 4.78 is 0. The molecule has 0 N–H and O–H groups in total. The summed E-state index contributed by atoms with van der Waals surface area (Å²) in [6, 6.07) is 23.2. The van der Waals surface area contributed by atoms with Crippen molar-refractivity contribution in [3.05, 3.63) is 158 Å². The molecular weight excluding hydrogens is 420 g/mol. The topological polar surface area (TPSA) is 0 Å². The van der Waals surface area contributed by atoms with Crippen LogP contribution in [0.5, 0.6) is 0 Å². The maximum absolute atomic E-state index is 2.52. The molecule has 0 fully saturated rings. The molecule has 0 bridgehead atoms. The van der Waals surface area contributed by atoms with Crippen molar-refractivity contribution in [1.29, 1.82) is 0 Å². The average Bonchev–Trinajstić information content (AvgIpc) is 3.22. The molecule has 9 rings (SSSR count). The van der Waals surface area contributed by atoms with E-state index < -0.39 is 0 Å². The predicted octanol–water partition coefficient (Wildman–Crippen LogP) is 6.08. The van der Waals surface area contributed by atoms with Crippen LogP contribution < -0.4 is 10.4 Å². The minimum absolute atomic E-state index is 0.370. The summed E-state index contributed by atoms with van der Waals surface area (Å²) >= 11 is 0. The smallest absolute Gasteiger partial charge is 0.0346 e. The molecule has 1 atom stereocenters. The molecule has 3 aromatic carbocycles. The molecule has 0 saturated carbocycles. The number of hydrogen-bond donors (Lipinski definition) is 0. The molecule has 0 amide bonds. The van der Waals surface area contributed by atoms with Gasteiger partial charge in [0.25, 0.3) is 0 Å². The Hall–Kier alpha value is -4.16. The summed E-state index contributed by atoms with van der Waals surface area (Å²) in [5, 5.41) is 2.87. The van der Waals surface area contributed by atoms with E-state index in [1.54, 1.807) is 0 Å². The third-order valence-electron chi connectivity index (χ3n) is 8.75. The number of hydrogen-bond acceptors (Lipinski definition) is 0. The first kappa shape index (κ1) is 18.2. The Morgan fingerprint density at radius 1 is 0.600 bits per heavy atom. The van der Waals surface area contributed by atoms with Gasteiger partial charge in [0.05, 0.1) is 0 Å². The Morgan fingerprint density at radius 2 is 1.34 bits per heavy atom. The SMILES string of the molecule is C1=CC2=CC=CC3=Cc4cc5c(cc4C(=C1)C23)=C1C2=C(Cc3ccccc31)c1ccccc1CC=52. The van der Waals surface area contributed by atoms with Crippen LogP contribution in [0, 0.1) is 5.92 Å². The van der Waals surface area contributed by atoms with Gasteiger partial charge in [-0.25, -0.2) is 0 Å². The van der Waals surface area contributed by atoms with Crippen molar-refractivity contribution in [3.63, 3.8) is 0 Å². The van der Waals surface area contributed by atoms with E-state index in [-0.39, 0.29) is 0 Å². The first-order valence-corrected chi connectivity index (χ1v) is 12.7. The lowest BCUT2D eigenvalue weighted by Gasteiger charge is -2.32. The van der Waals surface area contributed by atoms with Crippen molar-refractivity contribution in [2.45, 2.75) is 12.8 Å². The van der Waals surface area contributed by atoms with Gasteiger partial charge in [-0.3, -0.25) is 0 Å². The molecule has 6 aliphatic carbocycles. The van der Waals surface area contributed by atoms with Gasteiger partial charge in [0, 0.05) is 5.92 Å². The normalized spacial score (nSPS) is 21.3. The van der Waals surface area contributed by atoms with E-state index in [1.165, 1.54) is 82.8 Å². The molecule has 0 saturated heterocycles. The molecule has 0 heteroatoms. The number of allylic oxidation sites excluding steroid dienone is 11.